The molecule has 0 saturated carbocycles. The summed E-state index contributed by atoms with van der Waals surface area (Å²) < 4.78 is 32.7. The summed E-state index contributed by atoms with van der Waals surface area (Å²) in [5.74, 6) is 2.15. The van der Waals surface area contributed by atoms with E-state index in [9.17, 15) is 14.7 Å². The summed E-state index contributed by atoms with van der Waals surface area (Å²) in [6, 6.07) is 33.3. The number of benzene rings is 3. The molecule has 11 rings (SSSR count). The van der Waals surface area contributed by atoms with Crippen molar-refractivity contribution in [1.29, 1.82) is 0 Å². The molecule has 0 aliphatic heterocycles. The number of anilines is 3. The van der Waals surface area contributed by atoms with Crippen LogP contribution >= 0.6 is 0 Å². The van der Waals surface area contributed by atoms with Gasteiger partial charge in [-0.25, -0.2) is 24.5 Å². The number of hydrogen-bond donors (Lipinski definition) is 4. The first-order valence-electron chi connectivity index (χ1n) is 22.1. The minimum absolute atomic E-state index is 0.0104. The molecule has 73 heavy (non-hydrogen) atoms. The summed E-state index contributed by atoms with van der Waals surface area (Å²) in [6.07, 6.45) is 13.4. The molecule has 3 aromatic carbocycles. The second-order valence-electron chi connectivity index (χ2n) is 15.4. The van der Waals surface area contributed by atoms with E-state index < -0.39 is 12.2 Å². The molecule has 8 aromatic heterocycles. The number of aromatic nitrogens is 8. The van der Waals surface area contributed by atoms with E-state index >= 15 is 0 Å². The molecule has 20 nitrogen and oxygen atoms in total. The van der Waals surface area contributed by atoms with Crippen molar-refractivity contribution < 1.29 is 42.2 Å². The Morgan fingerprint density at radius 3 is 1.47 bits per heavy atom. The number of fused-ring (bicyclic) bond motifs is 3. The molecule has 11 aromatic rings. The molecule has 0 aliphatic rings. The molecule has 0 radical (unpaired) electrons. The van der Waals surface area contributed by atoms with Crippen LogP contribution in [0.2, 0.25) is 0 Å². The van der Waals surface area contributed by atoms with Crippen molar-refractivity contribution in [3.8, 4) is 45.9 Å². The molecule has 0 spiro atoms. The summed E-state index contributed by atoms with van der Waals surface area (Å²) in [4.78, 5) is 57.6. The number of nitrogens with zero attached hydrogens (tertiary/aromatic N) is 8. The lowest BCUT2D eigenvalue weighted by molar-refractivity contribution is 0.153. The van der Waals surface area contributed by atoms with Gasteiger partial charge in [0.15, 0.2) is 16.7 Å². The molecule has 0 aliphatic carbocycles. The fourth-order valence-corrected chi connectivity index (χ4v) is 6.62. The normalized spacial score (nSPS) is 10.6. The zero-order valence-electron chi connectivity index (χ0n) is 38.4. The van der Waals surface area contributed by atoms with Crippen molar-refractivity contribution in [2.45, 2.75) is 13.2 Å². The number of nitrogens with one attached hydrogen (secondary N) is 2. The lowest BCUT2D eigenvalue weighted by atomic mass is 10.3. The fourth-order valence-electron chi connectivity index (χ4n) is 6.62. The lowest BCUT2D eigenvalue weighted by Crippen LogP contribution is -2.13. The van der Waals surface area contributed by atoms with Crippen LogP contribution in [-0.4, -0.2) is 63.8 Å². The van der Waals surface area contributed by atoms with Gasteiger partial charge < -0.3 is 38.3 Å². The SMILES string of the molecule is C=CCOc1ccc(COC(=O)Nc2ccc3oc(-c4cccnc4)nc3c2)nc1.Nc1ccc2oc(-c3cccnc3)nc2c1.O=C(Nc1ccc2oc(-c3cccnc3)nc2c1)OCc1ccc(O)cn1. The largest absolute Gasteiger partial charge is 0.506 e. The van der Waals surface area contributed by atoms with E-state index in [0.717, 1.165) is 27.8 Å². The van der Waals surface area contributed by atoms with Gasteiger partial charge in [-0.05, 0) is 115 Å². The van der Waals surface area contributed by atoms with Crippen LogP contribution in [-0.2, 0) is 22.7 Å². The van der Waals surface area contributed by atoms with Gasteiger partial charge in [-0.2, -0.15) is 0 Å². The van der Waals surface area contributed by atoms with E-state index in [1.165, 1.54) is 12.3 Å². The Labute approximate surface area is 414 Å². The Bertz CT molecular complexity index is 3610. The average Bonchev–Trinajstić information content (AvgIpc) is 4.18. The maximum atomic E-state index is 12.1. The number of hydrogen-bond acceptors (Lipinski definition) is 18. The fraction of sp³-hybridized carbons (Fsp3) is 0.0566. The molecule has 20 heteroatoms. The Morgan fingerprint density at radius 1 is 0.575 bits per heavy atom. The van der Waals surface area contributed by atoms with E-state index in [1.807, 2.05) is 36.4 Å². The Balaban J connectivity index is 0.000000141. The number of nitrogens with two attached hydrogens (primary N) is 1. The van der Waals surface area contributed by atoms with Crippen molar-refractivity contribution in [2.24, 2.45) is 0 Å². The monoisotopic (exact) mass is 975 g/mol. The predicted octanol–water partition coefficient (Wildman–Crippen LogP) is 10.8. The summed E-state index contributed by atoms with van der Waals surface area (Å²) in [5, 5.41) is 14.5. The highest BCUT2D eigenvalue weighted by molar-refractivity contribution is 5.90. The molecule has 0 bridgehead atoms. The second kappa shape index (κ2) is 22.7. The number of carbonyl (C=O) groups is 2. The van der Waals surface area contributed by atoms with Crippen LogP contribution in [0.5, 0.6) is 11.5 Å². The third-order valence-electron chi connectivity index (χ3n) is 10.1. The Kier molecular flexibility index (Phi) is 14.8. The van der Waals surface area contributed by atoms with Crippen molar-refractivity contribution in [3.05, 3.63) is 189 Å². The van der Waals surface area contributed by atoms with Crippen LogP contribution < -0.4 is 21.1 Å². The first kappa shape index (κ1) is 47.6. The third kappa shape index (κ3) is 12.8. The summed E-state index contributed by atoms with van der Waals surface area (Å²) in [7, 11) is 0. The van der Waals surface area contributed by atoms with Gasteiger partial charge >= 0.3 is 12.2 Å². The second-order valence-corrected chi connectivity index (χ2v) is 15.4. The van der Waals surface area contributed by atoms with E-state index in [2.05, 4.69) is 57.1 Å². The van der Waals surface area contributed by atoms with Crippen LogP contribution in [0.1, 0.15) is 11.4 Å². The minimum atomic E-state index is -0.625. The van der Waals surface area contributed by atoms with E-state index in [1.54, 1.807) is 122 Å². The van der Waals surface area contributed by atoms with Gasteiger partial charge in [0.05, 0.1) is 40.5 Å². The molecule has 2 amide bonds. The average molecular weight is 976 g/mol. The number of aromatic hydroxyl groups is 1. The van der Waals surface area contributed by atoms with Gasteiger partial charge in [-0.3, -0.25) is 35.6 Å². The smallest absolute Gasteiger partial charge is 0.412 e. The van der Waals surface area contributed by atoms with Crippen molar-refractivity contribution in [1.82, 2.24) is 39.9 Å². The molecule has 0 fully saturated rings. The van der Waals surface area contributed by atoms with Crippen LogP contribution in [0.25, 0.3) is 67.7 Å². The maximum absolute atomic E-state index is 12.1. The minimum Gasteiger partial charge on any atom is -0.506 e. The molecule has 0 atom stereocenters. The van der Waals surface area contributed by atoms with Gasteiger partial charge in [0.2, 0.25) is 17.7 Å². The van der Waals surface area contributed by atoms with Gasteiger partial charge in [0.25, 0.3) is 0 Å². The first-order chi connectivity index (χ1) is 35.7. The van der Waals surface area contributed by atoms with Crippen LogP contribution in [0.15, 0.2) is 191 Å². The summed E-state index contributed by atoms with van der Waals surface area (Å²) in [5.41, 5.74) is 14.9. The molecule has 8 heterocycles. The molecular formula is C53H41N11O9. The van der Waals surface area contributed by atoms with E-state index in [-0.39, 0.29) is 19.0 Å². The highest BCUT2D eigenvalue weighted by Crippen LogP contribution is 2.28. The lowest BCUT2D eigenvalue weighted by Gasteiger charge is -2.07. The molecule has 5 N–H and O–H groups in total. The van der Waals surface area contributed by atoms with E-state index in [4.69, 9.17) is 33.2 Å². The topological polar surface area (TPSA) is 275 Å². The highest BCUT2D eigenvalue weighted by atomic mass is 16.6. The summed E-state index contributed by atoms with van der Waals surface area (Å²) in [6.45, 7) is 4.01. The number of amides is 2. The molecular weight excluding hydrogens is 935 g/mol. The van der Waals surface area contributed by atoms with Crippen LogP contribution in [0.4, 0.5) is 26.7 Å². The summed E-state index contributed by atoms with van der Waals surface area (Å²) >= 11 is 0. The molecule has 0 unspecified atom stereocenters. The zero-order valence-corrected chi connectivity index (χ0v) is 38.4. The molecule has 362 valence electrons. The number of rotatable bonds is 12. The van der Waals surface area contributed by atoms with E-state index in [0.29, 0.717) is 80.7 Å². The number of ether oxygens (including phenoxy) is 3. The third-order valence-corrected chi connectivity index (χ3v) is 10.1. The Morgan fingerprint density at radius 2 is 1.04 bits per heavy atom. The number of nitrogen functional groups attached to an aromatic ring is 1. The number of pyridine rings is 5. The molecule has 0 saturated heterocycles. The van der Waals surface area contributed by atoms with Gasteiger partial charge in [-0.15, -0.1) is 0 Å². The highest BCUT2D eigenvalue weighted by Gasteiger charge is 2.14. The predicted molar refractivity (Wildman–Crippen MR) is 270 cm³/mol. The maximum Gasteiger partial charge on any atom is 0.412 e. The standard InChI is InChI=1S/C22H18N4O4.C19H14N4O4.C12H9N3O/c1-2-10-28-18-7-5-17(24-13-18)14-29-22(27)25-16-6-8-20-19(11-16)26-21(30-20)15-4-3-9-23-12-15;24-15-5-3-14(21-10-15)11-26-19(25)22-13-4-6-17-16(8-13)23-18(27-17)12-2-1-7-20-9-12;13-9-3-4-11-10(6-9)15-12(16-11)8-2-1-5-14-7-8/h2-9,11-13H,1,10,14H2,(H,25,27);1-10,24H,11H2,(H,22,25);1-7H,13H2. The first-order valence-corrected chi connectivity index (χ1v) is 22.1. The van der Waals surface area contributed by atoms with Crippen molar-refractivity contribution >= 4 is 62.5 Å². The Hall–Kier alpha value is -10.5. The van der Waals surface area contributed by atoms with Gasteiger partial charge in [-0.1, -0.05) is 12.7 Å². The van der Waals surface area contributed by atoms with Crippen molar-refractivity contribution in [2.75, 3.05) is 23.0 Å². The van der Waals surface area contributed by atoms with Gasteiger partial charge in [0, 0.05) is 54.2 Å². The van der Waals surface area contributed by atoms with Crippen LogP contribution in [0, 0.1) is 0 Å². The zero-order chi connectivity index (χ0) is 50.4. The number of oxazole rings is 3. The number of carbonyl (C=O) groups excluding carboxylic acids is 2. The van der Waals surface area contributed by atoms with Gasteiger partial charge in [0.1, 0.15) is 47.9 Å². The quantitative estimate of drug-likeness (QED) is 0.0654. The van der Waals surface area contributed by atoms with Crippen molar-refractivity contribution in [3.63, 3.8) is 0 Å². The van der Waals surface area contributed by atoms with Crippen LogP contribution in [0.3, 0.4) is 0 Å².